The maximum atomic E-state index is 12.4. The van der Waals surface area contributed by atoms with Crippen molar-refractivity contribution in [3.05, 3.63) is 53.1 Å². The topological polar surface area (TPSA) is 108 Å². The lowest BCUT2D eigenvalue weighted by Crippen LogP contribution is -2.26. The molecule has 0 atom stereocenters. The molecule has 1 heterocycles. The molecule has 0 bridgehead atoms. The highest BCUT2D eigenvalue weighted by Crippen LogP contribution is 2.32. The molecule has 0 saturated carbocycles. The predicted molar refractivity (Wildman–Crippen MR) is 116 cm³/mol. The number of hydrogen-bond donors (Lipinski definition) is 1. The molecule has 9 heteroatoms. The Balaban J connectivity index is 1.20. The van der Waals surface area contributed by atoms with Gasteiger partial charge < -0.3 is 14.2 Å². The number of fused-ring (bicyclic) bond motifs is 2. The summed E-state index contributed by atoms with van der Waals surface area (Å²) in [6.45, 7) is 0.526. The molecule has 1 aliphatic carbocycles. The first-order valence-electron chi connectivity index (χ1n) is 10.6. The Bertz CT molecular complexity index is 1130. The molecule has 4 rings (SSSR count). The molecule has 8 nitrogen and oxygen atoms in total. The summed E-state index contributed by atoms with van der Waals surface area (Å²) in [5.41, 5.74) is 3.01. The van der Waals surface area contributed by atoms with Gasteiger partial charge in [0.15, 0.2) is 23.9 Å². The lowest BCUT2D eigenvalue weighted by molar-refractivity contribution is -0.142. The zero-order valence-corrected chi connectivity index (χ0v) is 18.4. The van der Waals surface area contributed by atoms with Crippen LogP contribution < -0.4 is 14.2 Å². The number of benzene rings is 2. The largest absolute Gasteiger partial charge is 0.486 e. The van der Waals surface area contributed by atoms with Crippen LogP contribution in [0, 0.1) is 0 Å². The number of Topliss-reactive ketones (excluding diaryl/α,β-unsaturated/α-hetero) is 1. The second kappa shape index (κ2) is 9.70. The van der Waals surface area contributed by atoms with Gasteiger partial charge in [0.2, 0.25) is 10.0 Å². The van der Waals surface area contributed by atoms with Crippen molar-refractivity contribution < 1.29 is 32.2 Å². The Morgan fingerprint density at radius 3 is 2.59 bits per heavy atom. The van der Waals surface area contributed by atoms with Gasteiger partial charge in [0.1, 0.15) is 13.2 Å². The van der Waals surface area contributed by atoms with E-state index in [2.05, 4.69) is 4.72 Å². The molecule has 32 heavy (non-hydrogen) atoms. The average molecular weight is 460 g/mol. The van der Waals surface area contributed by atoms with Crippen LogP contribution in [0.3, 0.4) is 0 Å². The van der Waals surface area contributed by atoms with Gasteiger partial charge in [0, 0.05) is 24.6 Å². The molecular weight excluding hydrogens is 434 g/mol. The number of esters is 1. The Hall–Kier alpha value is -2.91. The number of ketones is 1. The van der Waals surface area contributed by atoms with Gasteiger partial charge in [0.05, 0.1) is 4.90 Å². The van der Waals surface area contributed by atoms with E-state index in [0.717, 1.165) is 19.3 Å². The summed E-state index contributed by atoms with van der Waals surface area (Å²) in [6.07, 6.45) is 3.35. The molecule has 1 aliphatic heterocycles. The minimum atomic E-state index is -3.75. The van der Waals surface area contributed by atoms with Gasteiger partial charge in [-0.05, 0) is 55.0 Å². The second-order valence-electron chi connectivity index (χ2n) is 7.73. The summed E-state index contributed by atoms with van der Waals surface area (Å²) in [5, 5.41) is 0. The Morgan fingerprint density at radius 1 is 0.969 bits per heavy atom. The highest BCUT2D eigenvalue weighted by Gasteiger charge is 2.19. The van der Waals surface area contributed by atoms with E-state index in [1.165, 1.54) is 23.3 Å². The van der Waals surface area contributed by atoms with Crippen molar-refractivity contribution in [3.63, 3.8) is 0 Å². The minimum absolute atomic E-state index is 0.00112. The smallest absolute Gasteiger partial charge is 0.306 e. The third-order valence-corrected chi connectivity index (χ3v) is 6.92. The summed E-state index contributed by atoms with van der Waals surface area (Å²) >= 11 is 0. The molecule has 170 valence electrons. The number of nitrogens with one attached hydrogen (secondary N) is 1. The summed E-state index contributed by atoms with van der Waals surface area (Å²) in [6, 6.07) is 10.0. The van der Waals surface area contributed by atoms with Crippen molar-refractivity contribution >= 4 is 21.8 Å². The van der Waals surface area contributed by atoms with E-state index in [0.29, 0.717) is 30.3 Å². The van der Waals surface area contributed by atoms with E-state index in [1.54, 1.807) is 12.1 Å². The van der Waals surface area contributed by atoms with Gasteiger partial charge in [-0.1, -0.05) is 12.1 Å². The van der Waals surface area contributed by atoms with E-state index < -0.39 is 16.0 Å². The molecule has 2 aliphatic rings. The molecule has 0 spiro atoms. The molecule has 0 radical (unpaired) electrons. The third-order valence-electron chi connectivity index (χ3n) is 5.46. The van der Waals surface area contributed by atoms with Crippen LogP contribution in [0.5, 0.6) is 11.5 Å². The fourth-order valence-electron chi connectivity index (χ4n) is 3.76. The zero-order chi connectivity index (χ0) is 22.6. The van der Waals surface area contributed by atoms with Crippen molar-refractivity contribution in [1.29, 1.82) is 0 Å². The summed E-state index contributed by atoms with van der Waals surface area (Å²) in [7, 11) is -3.75. The lowest BCUT2D eigenvalue weighted by atomic mass is 10.0. The fourth-order valence-corrected chi connectivity index (χ4v) is 4.85. The molecule has 0 aromatic heterocycles. The quantitative estimate of drug-likeness (QED) is 0.349. The van der Waals surface area contributed by atoms with Crippen LogP contribution in [0.15, 0.2) is 41.3 Å². The van der Waals surface area contributed by atoms with Crippen LogP contribution in [0.1, 0.15) is 40.7 Å². The number of carbonyl (C=O) groups is 2. The lowest BCUT2D eigenvalue weighted by Gasteiger charge is -2.18. The van der Waals surface area contributed by atoms with E-state index in [1.807, 2.05) is 12.1 Å². The number of aryl methyl sites for hydroxylation is 2. The predicted octanol–water partition coefficient (Wildman–Crippen LogP) is 2.43. The molecule has 1 N–H and O–H groups in total. The van der Waals surface area contributed by atoms with Crippen molar-refractivity contribution in [2.75, 3.05) is 26.4 Å². The van der Waals surface area contributed by atoms with Crippen LogP contribution >= 0.6 is 0 Å². The monoisotopic (exact) mass is 459 g/mol. The maximum absolute atomic E-state index is 12.4. The molecule has 0 saturated heterocycles. The Labute approximate surface area is 186 Å². The summed E-state index contributed by atoms with van der Waals surface area (Å²) in [4.78, 5) is 24.3. The van der Waals surface area contributed by atoms with Crippen LogP contribution in [0.2, 0.25) is 0 Å². The molecule has 2 aromatic carbocycles. The molecular formula is C23H25NO7S. The first-order chi connectivity index (χ1) is 15.4. The highest BCUT2D eigenvalue weighted by atomic mass is 32.2. The van der Waals surface area contributed by atoms with Gasteiger partial charge >= 0.3 is 5.97 Å². The van der Waals surface area contributed by atoms with Crippen molar-refractivity contribution in [3.8, 4) is 11.5 Å². The van der Waals surface area contributed by atoms with Crippen molar-refractivity contribution in [2.45, 2.75) is 37.0 Å². The number of rotatable bonds is 9. The summed E-state index contributed by atoms with van der Waals surface area (Å²) in [5.74, 6) is 0.105. The second-order valence-corrected chi connectivity index (χ2v) is 9.49. The first-order valence-corrected chi connectivity index (χ1v) is 12.1. The van der Waals surface area contributed by atoms with Gasteiger partial charge in [-0.2, -0.15) is 0 Å². The first kappa shape index (κ1) is 22.3. The van der Waals surface area contributed by atoms with Gasteiger partial charge in [-0.3, -0.25) is 9.59 Å². The highest BCUT2D eigenvalue weighted by molar-refractivity contribution is 7.89. The molecule has 2 aromatic rings. The van der Waals surface area contributed by atoms with E-state index >= 15 is 0 Å². The zero-order valence-electron chi connectivity index (χ0n) is 17.6. The van der Waals surface area contributed by atoms with Crippen molar-refractivity contribution in [2.24, 2.45) is 0 Å². The standard InChI is InChI=1S/C23H25NO7S/c25-20(18-7-6-16-3-1-4-17(16)13-18)15-31-23(26)5-2-10-24-32(27,28)19-8-9-21-22(14-19)30-12-11-29-21/h6-9,13-14,24H,1-5,10-12,15H2. The van der Waals surface area contributed by atoms with E-state index in [4.69, 9.17) is 14.2 Å². The maximum Gasteiger partial charge on any atom is 0.306 e. The van der Waals surface area contributed by atoms with Crippen LogP contribution in [0.25, 0.3) is 0 Å². The van der Waals surface area contributed by atoms with Gasteiger partial charge in [0.25, 0.3) is 0 Å². The average Bonchev–Trinajstić information content (AvgIpc) is 3.28. The van der Waals surface area contributed by atoms with Gasteiger partial charge in [-0.25, -0.2) is 13.1 Å². The SMILES string of the molecule is O=C(CCCNS(=O)(=O)c1ccc2c(c1)OCCO2)OCC(=O)c1ccc2c(c1)CCC2. The van der Waals surface area contributed by atoms with Crippen LogP contribution in [0.4, 0.5) is 0 Å². The van der Waals surface area contributed by atoms with Crippen LogP contribution in [-0.4, -0.2) is 46.5 Å². The van der Waals surface area contributed by atoms with Crippen LogP contribution in [-0.2, 0) is 32.4 Å². The normalized spacial score (nSPS) is 14.6. The fraction of sp³-hybridized carbons (Fsp3) is 0.391. The minimum Gasteiger partial charge on any atom is -0.486 e. The number of hydrogen-bond acceptors (Lipinski definition) is 7. The third kappa shape index (κ3) is 5.28. The van der Waals surface area contributed by atoms with Gasteiger partial charge in [-0.15, -0.1) is 0 Å². The molecule has 0 unspecified atom stereocenters. The van der Waals surface area contributed by atoms with E-state index in [-0.39, 0.29) is 36.7 Å². The number of sulfonamides is 1. The molecule has 0 fully saturated rings. The Kier molecular flexibility index (Phi) is 6.76. The number of carbonyl (C=O) groups excluding carboxylic acids is 2. The molecule has 0 amide bonds. The van der Waals surface area contributed by atoms with E-state index in [9.17, 15) is 18.0 Å². The Morgan fingerprint density at radius 2 is 1.75 bits per heavy atom. The number of ether oxygens (including phenoxy) is 3. The summed E-state index contributed by atoms with van der Waals surface area (Å²) < 4.78 is 43.2. The van der Waals surface area contributed by atoms with Crippen molar-refractivity contribution in [1.82, 2.24) is 4.72 Å².